The molecule has 7 heteroatoms. The Hall–Kier alpha value is -2.10. The first kappa shape index (κ1) is 12.0. The summed E-state index contributed by atoms with van der Waals surface area (Å²) in [6, 6.07) is 1.07. The van der Waals surface area contributed by atoms with Crippen LogP contribution in [0.25, 0.3) is 0 Å². The Morgan fingerprint density at radius 3 is 2.75 bits per heavy atom. The fourth-order valence-corrected chi connectivity index (χ4v) is 0.853. The van der Waals surface area contributed by atoms with Crippen molar-refractivity contribution in [2.75, 3.05) is 6.61 Å². The number of carbonyl (C=O) groups excluding carboxylic acids is 2. The Morgan fingerprint density at radius 1 is 1.56 bits per heavy atom. The Bertz CT molecular complexity index is 354. The normalized spacial score (nSPS) is 14.9. The van der Waals surface area contributed by atoms with Crippen molar-refractivity contribution in [3.05, 3.63) is 0 Å². The van der Waals surface area contributed by atoms with E-state index in [4.69, 9.17) is 5.26 Å². The third kappa shape index (κ3) is 3.96. The van der Waals surface area contributed by atoms with E-state index >= 15 is 0 Å². The molecular formula is C9H12N4O3. The summed E-state index contributed by atoms with van der Waals surface area (Å²) in [6.07, 6.45) is 1.83. The molecular weight excluding hydrogens is 212 g/mol. The SMILES string of the molecule is CCON=C(C#N)C(=O)NC(=O)NC1CC1. The van der Waals surface area contributed by atoms with Crippen LogP contribution in [-0.2, 0) is 9.63 Å². The summed E-state index contributed by atoms with van der Waals surface area (Å²) in [5, 5.41) is 16.4. The second-order valence-corrected chi connectivity index (χ2v) is 3.17. The van der Waals surface area contributed by atoms with Gasteiger partial charge in [-0.2, -0.15) is 5.26 Å². The fraction of sp³-hybridized carbons (Fsp3) is 0.556. The van der Waals surface area contributed by atoms with Crippen molar-refractivity contribution in [2.45, 2.75) is 25.8 Å². The Morgan fingerprint density at radius 2 is 2.25 bits per heavy atom. The lowest BCUT2D eigenvalue weighted by atomic mass is 10.4. The molecule has 1 aliphatic rings. The summed E-state index contributed by atoms with van der Waals surface area (Å²) in [6.45, 7) is 1.91. The van der Waals surface area contributed by atoms with Gasteiger partial charge in [0.15, 0.2) is 0 Å². The van der Waals surface area contributed by atoms with E-state index in [2.05, 4.69) is 15.3 Å². The van der Waals surface area contributed by atoms with Crippen molar-refractivity contribution in [1.29, 1.82) is 5.26 Å². The quantitative estimate of drug-likeness (QED) is 0.513. The zero-order valence-electron chi connectivity index (χ0n) is 8.82. The van der Waals surface area contributed by atoms with Crippen LogP contribution >= 0.6 is 0 Å². The van der Waals surface area contributed by atoms with Gasteiger partial charge in [-0.1, -0.05) is 5.16 Å². The van der Waals surface area contributed by atoms with Gasteiger partial charge in [0.25, 0.3) is 5.91 Å². The predicted octanol–water partition coefficient (Wildman–Crippen LogP) is -0.109. The summed E-state index contributed by atoms with van der Waals surface area (Å²) in [5.74, 6) is -0.867. The number of nitriles is 1. The molecule has 0 aromatic heterocycles. The number of oxime groups is 1. The van der Waals surface area contributed by atoms with E-state index in [0.29, 0.717) is 0 Å². The van der Waals surface area contributed by atoms with Gasteiger partial charge >= 0.3 is 6.03 Å². The number of rotatable bonds is 4. The maximum absolute atomic E-state index is 11.3. The number of nitrogens with one attached hydrogen (secondary N) is 2. The third-order valence-corrected chi connectivity index (χ3v) is 1.75. The second kappa shape index (κ2) is 5.70. The van der Waals surface area contributed by atoms with Crippen LogP contribution in [0.2, 0.25) is 0 Å². The molecule has 0 atom stereocenters. The topological polar surface area (TPSA) is 104 Å². The van der Waals surface area contributed by atoms with Crippen LogP contribution in [-0.4, -0.2) is 30.3 Å². The van der Waals surface area contributed by atoms with Gasteiger partial charge in [-0.3, -0.25) is 10.1 Å². The van der Waals surface area contributed by atoms with Gasteiger partial charge in [-0.25, -0.2) is 4.79 Å². The van der Waals surface area contributed by atoms with E-state index in [9.17, 15) is 9.59 Å². The number of hydrogen-bond donors (Lipinski definition) is 2. The lowest BCUT2D eigenvalue weighted by Gasteiger charge is -2.03. The average Bonchev–Trinajstić information content (AvgIpc) is 3.02. The first-order chi connectivity index (χ1) is 7.67. The van der Waals surface area contributed by atoms with Crippen LogP contribution in [0.4, 0.5) is 4.79 Å². The molecule has 0 radical (unpaired) electrons. The van der Waals surface area contributed by atoms with Crippen molar-refractivity contribution in [1.82, 2.24) is 10.6 Å². The highest BCUT2D eigenvalue weighted by molar-refractivity contribution is 6.46. The molecule has 0 unspecified atom stereocenters. The third-order valence-electron chi connectivity index (χ3n) is 1.75. The lowest BCUT2D eigenvalue weighted by Crippen LogP contribution is -2.43. The van der Waals surface area contributed by atoms with Crippen molar-refractivity contribution in [2.24, 2.45) is 5.16 Å². The molecule has 0 saturated heterocycles. The van der Waals surface area contributed by atoms with Crippen LogP contribution in [0, 0.1) is 11.3 Å². The standard InChI is InChI=1S/C9H12N4O3/c1-2-16-13-7(5-10)8(14)12-9(15)11-6-3-4-6/h6H,2-4H2,1H3,(H2,11,12,14,15). The molecule has 1 fully saturated rings. The minimum atomic E-state index is -0.867. The van der Waals surface area contributed by atoms with Gasteiger partial charge in [0.1, 0.15) is 12.7 Å². The highest BCUT2D eigenvalue weighted by atomic mass is 16.6. The van der Waals surface area contributed by atoms with Gasteiger partial charge in [0.2, 0.25) is 5.71 Å². The van der Waals surface area contributed by atoms with Crippen LogP contribution in [0.5, 0.6) is 0 Å². The van der Waals surface area contributed by atoms with Crippen molar-refractivity contribution >= 4 is 17.6 Å². The molecule has 7 nitrogen and oxygen atoms in total. The van der Waals surface area contributed by atoms with Gasteiger partial charge < -0.3 is 10.2 Å². The maximum atomic E-state index is 11.3. The molecule has 0 aromatic carbocycles. The summed E-state index contributed by atoms with van der Waals surface area (Å²) >= 11 is 0. The second-order valence-electron chi connectivity index (χ2n) is 3.17. The number of amides is 3. The van der Waals surface area contributed by atoms with E-state index in [1.165, 1.54) is 0 Å². The average molecular weight is 224 g/mol. The molecule has 1 aliphatic carbocycles. The van der Waals surface area contributed by atoms with Gasteiger partial charge in [0.05, 0.1) is 0 Å². The number of nitrogens with zero attached hydrogens (tertiary/aromatic N) is 2. The van der Waals surface area contributed by atoms with E-state index in [1.54, 1.807) is 13.0 Å². The molecule has 1 rings (SSSR count). The van der Waals surface area contributed by atoms with Crippen LogP contribution in [0.3, 0.4) is 0 Å². The lowest BCUT2D eigenvalue weighted by molar-refractivity contribution is -0.113. The molecule has 0 spiro atoms. The smallest absolute Gasteiger partial charge is 0.321 e. The van der Waals surface area contributed by atoms with E-state index in [1.807, 2.05) is 5.32 Å². The highest BCUT2D eigenvalue weighted by Gasteiger charge is 2.24. The predicted molar refractivity (Wildman–Crippen MR) is 54.4 cm³/mol. The van der Waals surface area contributed by atoms with E-state index in [-0.39, 0.29) is 12.6 Å². The largest absolute Gasteiger partial charge is 0.395 e. The molecule has 16 heavy (non-hydrogen) atoms. The minimum absolute atomic E-state index is 0.141. The summed E-state index contributed by atoms with van der Waals surface area (Å²) in [7, 11) is 0. The monoisotopic (exact) mass is 224 g/mol. The van der Waals surface area contributed by atoms with E-state index < -0.39 is 17.6 Å². The summed E-state index contributed by atoms with van der Waals surface area (Å²) in [4.78, 5) is 27.0. The first-order valence-corrected chi connectivity index (χ1v) is 4.89. The zero-order chi connectivity index (χ0) is 12.0. The molecule has 1 saturated carbocycles. The van der Waals surface area contributed by atoms with Crippen LogP contribution < -0.4 is 10.6 Å². The van der Waals surface area contributed by atoms with Gasteiger partial charge in [-0.05, 0) is 19.8 Å². The summed E-state index contributed by atoms with van der Waals surface area (Å²) < 4.78 is 0. The Balaban J connectivity index is 2.42. The summed E-state index contributed by atoms with van der Waals surface area (Å²) in [5.41, 5.74) is -0.479. The molecule has 86 valence electrons. The van der Waals surface area contributed by atoms with Crippen molar-refractivity contribution < 1.29 is 14.4 Å². The fourth-order valence-electron chi connectivity index (χ4n) is 0.853. The van der Waals surface area contributed by atoms with Gasteiger partial charge in [-0.15, -0.1) is 0 Å². The van der Waals surface area contributed by atoms with Crippen molar-refractivity contribution in [3.63, 3.8) is 0 Å². The van der Waals surface area contributed by atoms with Crippen LogP contribution in [0.1, 0.15) is 19.8 Å². The Kier molecular flexibility index (Phi) is 4.27. The van der Waals surface area contributed by atoms with Crippen molar-refractivity contribution in [3.8, 4) is 6.07 Å². The molecule has 0 aliphatic heterocycles. The number of imide groups is 1. The molecule has 0 bridgehead atoms. The first-order valence-electron chi connectivity index (χ1n) is 4.89. The molecule has 3 amide bonds. The minimum Gasteiger partial charge on any atom is -0.395 e. The maximum Gasteiger partial charge on any atom is 0.321 e. The number of hydrogen-bond acceptors (Lipinski definition) is 5. The van der Waals surface area contributed by atoms with Gasteiger partial charge in [0, 0.05) is 6.04 Å². The Labute approximate surface area is 92.4 Å². The molecule has 2 N–H and O–H groups in total. The highest BCUT2D eigenvalue weighted by Crippen LogP contribution is 2.18. The molecule has 0 aromatic rings. The molecule has 0 heterocycles. The zero-order valence-corrected chi connectivity index (χ0v) is 8.82. The van der Waals surface area contributed by atoms with E-state index in [0.717, 1.165) is 12.8 Å². The number of urea groups is 1. The number of carbonyl (C=O) groups is 2. The van der Waals surface area contributed by atoms with Crippen LogP contribution in [0.15, 0.2) is 5.16 Å².